The largest absolute Gasteiger partial charge is 0.377 e. The molecule has 0 saturated heterocycles. The number of hydrogen-bond acceptors (Lipinski definition) is 3. The molecule has 0 amide bonds. The molecule has 0 spiro atoms. The molecule has 1 aromatic heterocycles. The Hall–Kier alpha value is -1.03. The minimum atomic E-state index is 0.649. The average molecular weight is 211 g/mol. The van der Waals surface area contributed by atoms with Crippen LogP contribution in [0.1, 0.15) is 31.5 Å². The van der Waals surface area contributed by atoms with Gasteiger partial charge >= 0.3 is 0 Å². The summed E-state index contributed by atoms with van der Waals surface area (Å²) < 4.78 is 7.44. The first kappa shape index (κ1) is 12.0. The molecule has 4 nitrogen and oxygen atoms in total. The third kappa shape index (κ3) is 2.96. The highest BCUT2D eigenvalue weighted by Gasteiger charge is 2.11. The van der Waals surface area contributed by atoms with Gasteiger partial charge in [0, 0.05) is 25.8 Å². The van der Waals surface area contributed by atoms with Crippen LogP contribution in [0.25, 0.3) is 0 Å². The van der Waals surface area contributed by atoms with Crippen molar-refractivity contribution in [2.24, 2.45) is 7.05 Å². The molecule has 0 aliphatic heterocycles. The lowest BCUT2D eigenvalue weighted by Gasteiger charge is -2.08. The predicted molar refractivity (Wildman–Crippen MR) is 62.1 cm³/mol. The van der Waals surface area contributed by atoms with Crippen LogP contribution in [0.15, 0.2) is 0 Å². The van der Waals surface area contributed by atoms with E-state index < -0.39 is 0 Å². The van der Waals surface area contributed by atoms with E-state index in [1.165, 1.54) is 5.56 Å². The number of ether oxygens (including phenoxy) is 1. The zero-order valence-corrected chi connectivity index (χ0v) is 10.1. The van der Waals surface area contributed by atoms with Crippen molar-refractivity contribution in [1.29, 1.82) is 0 Å². The first-order valence-electron chi connectivity index (χ1n) is 5.54. The molecule has 1 rings (SSSR count). The molecule has 4 heteroatoms. The van der Waals surface area contributed by atoms with Crippen LogP contribution in [0.3, 0.4) is 0 Å². The van der Waals surface area contributed by atoms with E-state index in [2.05, 4.69) is 24.3 Å². The van der Waals surface area contributed by atoms with Crippen LogP contribution >= 0.6 is 0 Å². The summed E-state index contributed by atoms with van der Waals surface area (Å²) in [5, 5.41) is 7.70. The van der Waals surface area contributed by atoms with E-state index in [0.29, 0.717) is 6.61 Å². The predicted octanol–water partition coefficient (Wildman–Crippen LogP) is 2.09. The Bertz CT molecular complexity index is 307. The zero-order valence-electron chi connectivity index (χ0n) is 10.1. The van der Waals surface area contributed by atoms with Gasteiger partial charge in [-0.2, -0.15) is 5.10 Å². The quantitative estimate of drug-likeness (QED) is 0.732. The summed E-state index contributed by atoms with van der Waals surface area (Å²) >= 11 is 0. The molecule has 1 aromatic rings. The molecule has 0 aliphatic carbocycles. The first-order valence-corrected chi connectivity index (χ1v) is 5.54. The molecular formula is C11H21N3O. The van der Waals surface area contributed by atoms with Crippen molar-refractivity contribution in [3.63, 3.8) is 0 Å². The Morgan fingerprint density at radius 3 is 2.73 bits per heavy atom. The van der Waals surface area contributed by atoms with Crippen molar-refractivity contribution >= 4 is 5.82 Å². The molecule has 0 radical (unpaired) electrons. The van der Waals surface area contributed by atoms with Gasteiger partial charge in [0.25, 0.3) is 0 Å². The fourth-order valence-electron chi connectivity index (χ4n) is 1.58. The summed E-state index contributed by atoms with van der Waals surface area (Å²) in [5.41, 5.74) is 2.22. The molecule has 0 saturated carbocycles. The summed E-state index contributed by atoms with van der Waals surface area (Å²) in [7, 11) is 1.95. The smallest absolute Gasteiger partial charge is 0.129 e. The molecule has 0 aliphatic rings. The molecular weight excluding hydrogens is 190 g/mol. The highest BCUT2D eigenvalue weighted by Crippen LogP contribution is 2.19. The van der Waals surface area contributed by atoms with Crippen LogP contribution < -0.4 is 5.32 Å². The normalized spacial score (nSPS) is 10.7. The summed E-state index contributed by atoms with van der Waals surface area (Å²) in [5.74, 6) is 1.08. The van der Waals surface area contributed by atoms with E-state index in [1.54, 1.807) is 0 Å². The van der Waals surface area contributed by atoms with Crippen molar-refractivity contribution in [3.8, 4) is 0 Å². The summed E-state index contributed by atoms with van der Waals surface area (Å²) in [6.07, 6.45) is 1.05. The van der Waals surface area contributed by atoms with Crippen LogP contribution in [-0.2, 0) is 18.4 Å². The van der Waals surface area contributed by atoms with E-state index in [1.807, 2.05) is 18.7 Å². The minimum absolute atomic E-state index is 0.649. The van der Waals surface area contributed by atoms with E-state index in [0.717, 1.165) is 31.1 Å². The summed E-state index contributed by atoms with van der Waals surface area (Å²) in [6, 6.07) is 0. The second kappa shape index (κ2) is 5.75. The summed E-state index contributed by atoms with van der Waals surface area (Å²) in [6.45, 7) is 8.57. The second-order valence-corrected chi connectivity index (χ2v) is 3.62. The number of anilines is 1. The SMILES string of the molecule is CCCOCc1c(C)nn(C)c1NCC. The number of nitrogens with zero attached hydrogens (tertiary/aromatic N) is 2. The van der Waals surface area contributed by atoms with Gasteiger partial charge in [0.05, 0.1) is 12.3 Å². The van der Waals surface area contributed by atoms with E-state index in [4.69, 9.17) is 4.74 Å². The van der Waals surface area contributed by atoms with Crippen LogP contribution in [-0.4, -0.2) is 22.9 Å². The Morgan fingerprint density at radius 1 is 1.40 bits per heavy atom. The van der Waals surface area contributed by atoms with E-state index >= 15 is 0 Å². The van der Waals surface area contributed by atoms with Gasteiger partial charge in [-0.1, -0.05) is 6.92 Å². The monoisotopic (exact) mass is 211 g/mol. The first-order chi connectivity index (χ1) is 7.20. The summed E-state index contributed by atoms with van der Waals surface area (Å²) in [4.78, 5) is 0. The maximum absolute atomic E-state index is 5.56. The van der Waals surface area contributed by atoms with Crippen molar-refractivity contribution < 1.29 is 4.74 Å². The number of aryl methyl sites for hydroxylation is 2. The number of aromatic nitrogens is 2. The molecule has 0 bridgehead atoms. The van der Waals surface area contributed by atoms with Crippen molar-refractivity contribution in [2.75, 3.05) is 18.5 Å². The van der Waals surface area contributed by atoms with Gasteiger partial charge in [0.2, 0.25) is 0 Å². The standard InChI is InChI=1S/C11H21N3O/c1-5-7-15-8-10-9(3)13-14(4)11(10)12-6-2/h12H,5-8H2,1-4H3. The molecule has 1 N–H and O–H groups in total. The van der Waals surface area contributed by atoms with Gasteiger partial charge in [-0.05, 0) is 20.3 Å². The average Bonchev–Trinajstić information content (AvgIpc) is 2.45. The molecule has 0 aromatic carbocycles. The lowest BCUT2D eigenvalue weighted by Crippen LogP contribution is -2.06. The van der Waals surface area contributed by atoms with Crippen LogP contribution in [0, 0.1) is 6.92 Å². The number of rotatable bonds is 6. The number of hydrogen-bond donors (Lipinski definition) is 1. The molecule has 0 fully saturated rings. The van der Waals surface area contributed by atoms with Gasteiger partial charge in [0.1, 0.15) is 5.82 Å². The molecule has 0 unspecified atom stereocenters. The second-order valence-electron chi connectivity index (χ2n) is 3.62. The van der Waals surface area contributed by atoms with Crippen molar-refractivity contribution in [2.45, 2.75) is 33.8 Å². The fraction of sp³-hybridized carbons (Fsp3) is 0.727. The maximum atomic E-state index is 5.56. The van der Waals surface area contributed by atoms with Gasteiger partial charge in [-0.25, -0.2) is 0 Å². The van der Waals surface area contributed by atoms with Gasteiger partial charge in [-0.15, -0.1) is 0 Å². The fourth-order valence-corrected chi connectivity index (χ4v) is 1.58. The van der Waals surface area contributed by atoms with Crippen LogP contribution in [0.5, 0.6) is 0 Å². The van der Waals surface area contributed by atoms with Crippen LogP contribution in [0.4, 0.5) is 5.82 Å². The Labute approximate surface area is 91.6 Å². The highest BCUT2D eigenvalue weighted by atomic mass is 16.5. The van der Waals surface area contributed by atoms with Gasteiger partial charge < -0.3 is 10.1 Å². The van der Waals surface area contributed by atoms with Crippen molar-refractivity contribution in [1.82, 2.24) is 9.78 Å². The number of nitrogens with one attached hydrogen (secondary N) is 1. The maximum Gasteiger partial charge on any atom is 0.129 e. The lowest BCUT2D eigenvalue weighted by atomic mass is 10.2. The topological polar surface area (TPSA) is 39.1 Å². The van der Waals surface area contributed by atoms with Crippen LogP contribution in [0.2, 0.25) is 0 Å². The third-order valence-electron chi connectivity index (χ3n) is 2.29. The Morgan fingerprint density at radius 2 is 2.13 bits per heavy atom. The molecule has 86 valence electrons. The van der Waals surface area contributed by atoms with Crippen molar-refractivity contribution in [3.05, 3.63) is 11.3 Å². The molecule has 15 heavy (non-hydrogen) atoms. The third-order valence-corrected chi connectivity index (χ3v) is 2.29. The van der Waals surface area contributed by atoms with Gasteiger partial charge in [-0.3, -0.25) is 4.68 Å². The molecule has 1 heterocycles. The lowest BCUT2D eigenvalue weighted by molar-refractivity contribution is 0.121. The van der Waals surface area contributed by atoms with E-state index in [-0.39, 0.29) is 0 Å². The zero-order chi connectivity index (χ0) is 11.3. The van der Waals surface area contributed by atoms with E-state index in [9.17, 15) is 0 Å². The Kier molecular flexibility index (Phi) is 4.62. The minimum Gasteiger partial charge on any atom is -0.377 e. The van der Waals surface area contributed by atoms with Gasteiger partial charge in [0.15, 0.2) is 0 Å². The Balaban J connectivity index is 2.74. The highest BCUT2D eigenvalue weighted by molar-refractivity contribution is 5.47. The molecule has 0 atom stereocenters.